The number of esters is 1. The largest absolute Gasteiger partial charge is 0.406 e. The summed E-state index contributed by atoms with van der Waals surface area (Å²) < 4.78 is 18.6. The van der Waals surface area contributed by atoms with Crippen molar-refractivity contribution in [3.8, 4) is 0 Å². The van der Waals surface area contributed by atoms with Crippen LogP contribution in [-0.2, 0) is 9.53 Å². The van der Waals surface area contributed by atoms with Crippen molar-refractivity contribution in [1.29, 1.82) is 0 Å². The molecular weight excluding hydrogens is 313 g/mol. The summed E-state index contributed by atoms with van der Waals surface area (Å²) in [7, 11) is 0. The number of rotatable bonds is 1. The van der Waals surface area contributed by atoms with Crippen LogP contribution < -0.4 is 0 Å². The zero-order chi connectivity index (χ0) is 14.2. The molecule has 0 spiro atoms. The Balaban J connectivity index is 2.36. The smallest absolute Gasteiger partial charge is 0.363 e. The standard InChI is InChI=1S/C14H13BrFNO2/c1-14(2,3)13-17-11(12(18)19-13)7-8-4-5-10(16)9(15)6-8/h4-7H,1-3H3/b11-7-. The summed E-state index contributed by atoms with van der Waals surface area (Å²) in [5.41, 5.74) is 0.580. The minimum atomic E-state index is -0.481. The van der Waals surface area contributed by atoms with Crippen LogP contribution in [0.1, 0.15) is 26.3 Å². The monoisotopic (exact) mass is 325 g/mol. The number of ether oxygens (including phenoxy) is 1. The lowest BCUT2D eigenvalue weighted by atomic mass is 9.97. The summed E-state index contributed by atoms with van der Waals surface area (Å²) >= 11 is 3.10. The predicted octanol–water partition coefficient (Wildman–Crippen LogP) is 3.93. The maximum atomic E-state index is 13.1. The highest BCUT2D eigenvalue weighted by molar-refractivity contribution is 9.10. The highest BCUT2D eigenvalue weighted by atomic mass is 79.9. The van der Waals surface area contributed by atoms with Crippen molar-refractivity contribution < 1.29 is 13.9 Å². The third-order valence-corrected chi connectivity index (χ3v) is 3.12. The molecule has 5 heteroatoms. The number of cyclic esters (lactones) is 1. The Bertz CT molecular complexity index is 600. The van der Waals surface area contributed by atoms with E-state index in [2.05, 4.69) is 20.9 Å². The molecule has 1 aromatic carbocycles. The van der Waals surface area contributed by atoms with E-state index in [1.54, 1.807) is 18.2 Å². The minimum Gasteiger partial charge on any atom is -0.406 e. The van der Waals surface area contributed by atoms with Crippen molar-refractivity contribution in [2.24, 2.45) is 10.4 Å². The van der Waals surface area contributed by atoms with Crippen LogP contribution in [0, 0.1) is 11.2 Å². The summed E-state index contributed by atoms with van der Waals surface area (Å²) in [6, 6.07) is 4.48. The SMILES string of the molecule is CC(C)(C)C1=N/C(=C\c2ccc(F)c(Br)c2)C(=O)O1. The van der Waals surface area contributed by atoms with Gasteiger partial charge in [-0.2, -0.15) is 0 Å². The zero-order valence-corrected chi connectivity index (χ0v) is 12.4. The topological polar surface area (TPSA) is 38.7 Å². The molecule has 100 valence electrons. The molecule has 0 radical (unpaired) electrons. The Kier molecular flexibility index (Phi) is 3.58. The fraction of sp³-hybridized carbons (Fsp3) is 0.286. The highest BCUT2D eigenvalue weighted by Crippen LogP contribution is 2.26. The number of carbonyl (C=O) groups excluding carboxylic acids is 1. The van der Waals surface area contributed by atoms with Crippen LogP contribution in [0.5, 0.6) is 0 Å². The molecular formula is C14H13BrFNO2. The van der Waals surface area contributed by atoms with Crippen molar-refractivity contribution in [3.63, 3.8) is 0 Å². The molecule has 0 aliphatic carbocycles. The maximum Gasteiger partial charge on any atom is 0.363 e. The van der Waals surface area contributed by atoms with Crippen molar-refractivity contribution >= 4 is 33.9 Å². The summed E-state index contributed by atoms with van der Waals surface area (Å²) in [5, 5.41) is 0. The van der Waals surface area contributed by atoms with E-state index in [4.69, 9.17) is 4.74 Å². The molecule has 0 aromatic heterocycles. The number of nitrogens with zero attached hydrogens (tertiary/aromatic N) is 1. The fourth-order valence-corrected chi connectivity index (χ4v) is 1.89. The van der Waals surface area contributed by atoms with E-state index in [1.807, 2.05) is 20.8 Å². The molecule has 0 fully saturated rings. The molecule has 1 heterocycles. The highest BCUT2D eigenvalue weighted by Gasteiger charge is 2.31. The van der Waals surface area contributed by atoms with Gasteiger partial charge in [0.15, 0.2) is 5.70 Å². The van der Waals surface area contributed by atoms with E-state index in [1.165, 1.54) is 6.07 Å². The molecule has 0 saturated carbocycles. The number of aliphatic imine (C=N–C) groups is 1. The van der Waals surface area contributed by atoms with Crippen molar-refractivity contribution in [1.82, 2.24) is 0 Å². The molecule has 1 aliphatic rings. The van der Waals surface area contributed by atoms with E-state index in [9.17, 15) is 9.18 Å². The molecule has 3 nitrogen and oxygen atoms in total. The first-order valence-corrected chi connectivity index (χ1v) is 6.55. The van der Waals surface area contributed by atoms with Crippen molar-refractivity contribution in [2.75, 3.05) is 0 Å². The summed E-state index contributed by atoms with van der Waals surface area (Å²) in [6.07, 6.45) is 1.57. The molecule has 0 N–H and O–H groups in total. The number of benzene rings is 1. The van der Waals surface area contributed by atoms with E-state index in [-0.39, 0.29) is 16.9 Å². The first-order chi connectivity index (χ1) is 8.77. The van der Waals surface area contributed by atoms with Crippen LogP contribution in [0.3, 0.4) is 0 Å². The third kappa shape index (κ3) is 3.10. The fourth-order valence-electron chi connectivity index (χ4n) is 1.49. The lowest BCUT2D eigenvalue weighted by molar-refractivity contribution is -0.130. The molecule has 0 amide bonds. The Hall–Kier alpha value is -1.49. The number of hydrogen-bond acceptors (Lipinski definition) is 3. The van der Waals surface area contributed by atoms with E-state index in [0.717, 1.165) is 0 Å². The molecule has 0 saturated heterocycles. The van der Waals surface area contributed by atoms with Gasteiger partial charge in [0, 0.05) is 5.41 Å². The van der Waals surface area contributed by atoms with E-state index < -0.39 is 5.97 Å². The molecule has 1 aliphatic heterocycles. The Morgan fingerprint density at radius 1 is 1.37 bits per heavy atom. The summed E-state index contributed by atoms with van der Waals surface area (Å²) in [5.74, 6) is -0.440. The van der Waals surface area contributed by atoms with Gasteiger partial charge in [0.1, 0.15) is 5.82 Å². The number of hydrogen-bond donors (Lipinski definition) is 0. The predicted molar refractivity (Wildman–Crippen MR) is 75.1 cm³/mol. The van der Waals surface area contributed by atoms with Gasteiger partial charge in [0.05, 0.1) is 4.47 Å². The molecule has 0 atom stereocenters. The first-order valence-electron chi connectivity index (χ1n) is 5.75. The number of carbonyl (C=O) groups is 1. The molecule has 19 heavy (non-hydrogen) atoms. The van der Waals surface area contributed by atoms with Crippen molar-refractivity contribution in [3.05, 3.63) is 39.7 Å². The molecule has 1 aromatic rings. The van der Waals surface area contributed by atoms with Gasteiger partial charge >= 0.3 is 5.97 Å². The normalized spacial score (nSPS) is 17.6. The van der Waals surface area contributed by atoms with Gasteiger partial charge in [0.25, 0.3) is 0 Å². The Labute approximate surface area is 119 Å². The Morgan fingerprint density at radius 3 is 2.58 bits per heavy atom. The van der Waals surface area contributed by atoms with Gasteiger partial charge in [-0.3, -0.25) is 0 Å². The Morgan fingerprint density at radius 2 is 2.05 bits per heavy atom. The van der Waals surface area contributed by atoms with Gasteiger partial charge < -0.3 is 4.74 Å². The number of halogens is 2. The summed E-state index contributed by atoms with van der Waals surface area (Å²) in [4.78, 5) is 15.9. The average molecular weight is 326 g/mol. The molecule has 0 bridgehead atoms. The second-order valence-corrected chi connectivity index (χ2v) is 6.11. The van der Waals surface area contributed by atoms with E-state index >= 15 is 0 Å². The first kappa shape index (κ1) is 13.9. The van der Waals surface area contributed by atoms with Crippen LogP contribution in [0.25, 0.3) is 6.08 Å². The maximum absolute atomic E-state index is 13.1. The second-order valence-electron chi connectivity index (χ2n) is 5.26. The van der Waals surface area contributed by atoms with Crippen LogP contribution in [-0.4, -0.2) is 11.9 Å². The zero-order valence-electron chi connectivity index (χ0n) is 10.8. The van der Waals surface area contributed by atoms with E-state index in [0.29, 0.717) is 15.9 Å². The van der Waals surface area contributed by atoms with Gasteiger partial charge in [-0.15, -0.1) is 0 Å². The van der Waals surface area contributed by atoms with Gasteiger partial charge in [-0.05, 0) is 39.7 Å². The quantitative estimate of drug-likeness (QED) is 0.579. The van der Waals surface area contributed by atoms with Crippen LogP contribution in [0.15, 0.2) is 33.4 Å². The third-order valence-electron chi connectivity index (χ3n) is 2.51. The van der Waals surface area contributed by atoms with Gasteiger partial charge in [0.2, 0.25) is 5.90 Å². The van der Waals surface area contributed by atoms with Crippen LogP contribution in [0.2, 0.25) is 0 Å². The summed E-state index contributed by atoms with van der Waals surface area (Å²) in [6.45, 7) is 5.74. The minimum absolute atomic E-state index is 0.225. The van der Waals surface area contributed by atoms with Crippen LogP contribution in [0.4, 0.5) is 4.39 Å². The van der Waals surface area contributed by atoms with Crippen molar-refractivity contribution in [2.45, 2.75) is 20.8 Å². The second kappa shape index (κ2) is 4.89. The average Bonchev–Trinajstić information content (AvgIpc) is 2.65. The van der Waals surface area contributed by atoms with Gasteiger partial charge in [-0.1, -0.05) is 26.8 Å². The molecule has 2 rings (SSSR count). The van der Waals surface area contributed by atoms with Crippen LogP contribution >= 0.6 is 15.9 Å². The molecule has 0 unspecified atom stereocenters. The lowest BCUT2D eigenvalue weighted by Gasteiger charge is -2.15. The lowest BCUT2D eigenvalue weighted by Crippen LogP contribution is -2.21. The van der Waals surface area contributed by atoms with Gasteiger partial charge in [-0.25, -0.2) is 14.2 Å².